The molecule has 1 aromatic heterocycles. The zero-order chi connectivity index (χ0) is 14.4. The largest absolute Gasteiger partial charge is 0.361 e. The van der Waals surface area contributed by atoms with Crippen molar-refractivity contribution in [1.82, 2.24) is 15.4 Å². The van der Waals surface area contributed by atoms with Crippen LogP contribution < -0.4 is 5.32 Å². The number of hydrogen-bond acceptors (Lipinski definition) is 5. The predicted octanol–water partition coefficient (Wildman–Crippen LogP) is 0.805. The minimum Gasteiger partial charge on any atom is -0.361 e. The van der Waals surface area contributed by atoms with Crippen molar-refractivity contribution in [3.05, 3.63) is 17.0 Å². The van der Waals surface area contributed by atoms with Crippen LogP contribution in [0.1, 0.15) is 35.7 Å². The van der Waals surface area contributed by atoms with E-state index in [0.717, 1.165) is 4.90 Å². The number of amides is 3. The van der Waals surface area contributed by atoms with Gasteiger partial charge in [0.1, 0.15) is 11.3 Å². The second kappa shape index (κ2) is 4.18. The molecule has 1 fully saturated rings. The number of ketones is 1. The third kappa shape index (κ3) is 2.11. The van der Waals surface area contributed by atoms with Crippen LogP contribution in [0.3, 0.4) is 0 Å². The molecule has 0 atom stereocenters. The Morgan fingerprint density at radius 2 is 2.00 bits per heavy atom. The van der Waals surface area contributed by atoms with E-state index in [4.69, 9.17) is 4.52 Å². The van der Waals surface area contributed by atoms with E-state index in [1.165, 1.54) is 0 Å². The number of hydrogen-bond donors (Lipinski definition) is 1. The molecule has 1 saturated heterocycles. The lowest BCUT2D eigenvalue weighted by Gasteiger charge is -2.15. The van der Waals surface area contributed by atoms with Crippen molar-refractivity contribution < 1.29 is 18.9 Å². The molecule has 1 aromatic rings. The Balaban J connectivity index is 2.21. The summed E-state index contributed by atoms with van der Waals surface area (Å²) >= 11 is 0. The summed E-state index contributed by atoms with van der Waals surface area (Å²) in [7, 11) is 0. The van der Waals surface area contributed by atoms with Crippen molar-refractivity contribution in [3.63, 3.8) is 0 Å². The zero-order valence-electron chi connectivity index (χ0n) is 11.2. The van der Waals surface area contributed by atoms with Gasteiger partial charge in [0.15, 0.2) is 5.78 Å². The lowest BCUT2D eigenvalue weighted by molar-refractivity contribution is -0.129. The number of nitrogens with zero attached hydrogens (tertiary/aromatic N) is 2. The van der Waals surface area contributed by atoms with Gasteiger partial charge in [-0.05, 0) is 27.7 Å². The van der Waals surface area contributed by atoms with Crippen LogP contribution in [-0.4, -0.2) is 39.9 Å². The lowest BCUT2D eigenvalue weighted by atomic mass is 10.1. The summed E-state index contributed by atoms with van der Waals surface area (Å²) in [6, 6.07) is -0.560. The van der Waals surface area contributed by atoms with Crippen LogP contribution >= 0.6 is 0 Å². The van der Waals surface area contributed by atoms with E-state index in [1.54, 1.807) is 27.7 Å². The molecule has 1 aliphatic rings. The number of carbonyl (C=O) groups is 3. The lowest BCUT2D eigenvalue weighted by Crippen LogP contribution is -2.41. The third-order valence-electron chi connectivity index (χ3n) is 3.06. The van der Waals surface area contributed by atoms with Gasteiger partial charge in [0.25, 0.3) is 5.91 Å². The van der Waals surface area contributed by atoms with Gasteiger partial charge in [-0.25, -0.2) is 4.79 Å². The molecule has 0 unspecified atom stereocenters. The van der Waals surface area contributed by atoms with Gasteiger partial charge < -0.3 is 9.84 Å². The SMILES string of the molecule is Cc1noc(C)c1C(=O)CN1C(=O)NC(C)(C)C1=O. The van der Waals surface area contributed by atoms with Crippen molar-refractivity contribution in [1.29, 1.82) is 0 Å². The highest BCUT2D eigenvalue weighted by Crippen LogP contribution is 2.19. The number of imide groups is 1. The second-order valence-corrected chi connectivity index (χ2v) is 5.07. The van der Waals surface area contributed by atoms with Crippen LogP contribution in [0.15, 0.2) is 4.52 Å². The number of aromatic nitrogens is 1. The standard InChI is InChI=1S/C12H15N3O4/c1-6-9(7(2)19-14-6)8(16)5-15-10(17)12(3,4)13-11(15)18/h5H2,1-4H3,(H,13,18). The van der Waals surface area contributed by atoms with Crippen LogP contribution in [-0.2, 0) is 4.79 Å². The number of rotatable bonds is 3. The molecular formula is C12H15N3O4. The summed E-state index contributed by atoms with van der Waals surface area (Å²) in [6.07, 6.45) is 0. The van der Waals surface area contributed by atoms with Crippen LogP contribution in [0.2, 0.25) is 0 Å². The fourth-order valence-corrected chi connectivity index (χ4v) is 2.07. The molecule has 19 heavy (non-hydrogen) atoms. The summed E-state index contributed by atoms with van der Waals surface area (Å²) in [4.78, 5) is 36.7. The fourth-order valence-electron chi connectivity index (χ4n) is 2.07. The summed E-state index contributed by atoms with van der Waals surface area (Å²) in [5.74, 6) is -0.399. The first-order valence-corrected chi connectivity index (χ1v) is 5.84. The van der Waals surface area contributed by atoms with Gasteiger partial charge >= 0.3 is 6.03 Å². The predicted molar refractivity (Wildman–Crippen MR) is 64.6 cm³/mol. The molecule has 1 N–H and O–H groups in total. The zero-order valence-corrected chi connectivity index (χ0v) is 11.2. The fraction of sp³-hybridized carbons (Fsp3) is 0.500. The average Bonchev–Trinajstić information content (AvgIpc) is 2.71. The molecule has 0 radical (unpaired) electrons. The summed E-state index contributed by atoms with van der Waals surface area (Å²) in [5, 5.41) is 6.20. The maximum Gasteiger partial charge on any atom is 0.325 e. The molecule has 7 nitrogen and oxygen atoms in total. The van der Waals surface area contributed by atoms with Crippen molar-refractivity contribution in [3.8, 4) is 0 Å². The number of Topliss-reactive ketones (excluding diaryl/α,β-unsaturated/α-hetero) is 1. The summed E-state index contributed by atoms with van der Waals surface area (Å²) in [5.41, 5.74) is -0.199. The van der Waals surface area contributed by atoms with Gasteiger partial charge in [0.05, 0.1) is 17.8 Å². The van der Waals surface area contributed by atoms with Crippen LogP contribution in [0.5, 0.6) is 0 Å². The smallest absolute Gasteiger partial charge is 0.325 e. The van der Waals surface area contributed by atoms with E-state index in [2.05, 4.69) is 10.5 Å². The van der Waals surface area contributed by atoms with E-state index in [-0.39, 0.29) is 12.3 Å². The number of nitrogens with one attached hydrogen (secondary N) is 1. The minimum atomic E-state index is -0.976. The van der Waals surface area contributed by atoms with Gasteiger partial charge in [0, 0.05) is 0 Å². The average molecular weight is 265 g/mol. The second-order valence-electron chi connectivity index (χ2n) is 5.07. The normalized spacial score (nSPS) is 17.8. The van der Waals surface area contributed by atoms with E-state index in [9.17, 15) is 14.4 Å². The summed E-state index contributed by atoms with van der Waals surface area (Å²) in [6.45, 7) is 6.13. The first kappa shape index (κ1) is 13.3. The van der Waals surface area contributed by atoms with Crippen LogP contribution in [0.4, 0.5) is 4.79 Å². The monoisotopic (exact) mass is 265 g/mol. The molecule has 2 heterocycles. The Labute approximate surface area is 109 Å². The Morgan fingerprint density at radius 1 is 1.37 bits per heavy atom. The van der Waals surface area contributed by atoms with E-state index in [0.29, 0.717) is 17.0 Å². The summed E-state index contributed by atoms with van der Waals surface area (Å²) < 4.78 is 4.90. The molecule has 0 bridgehead atoms. The number of urea groups is 1. The van der Waals surface area contributed by atoms with Crippen molar-refractivity contribution in [2.75, 3.05) is 6.54 Å². The third-order valence-corrected chi connectivity index (χ3v) is 3.06. The molecule has 3 amide bonds. The van der Waals surface area contributed by atoms with E-state index >= 15 is 0 Å². The van der Waals surface area contributed by atoms with Crippen molar-refractivity contribution in [2.24, 2.45) is 0 Å². The maximum absolute atomic E-state index is 12.1. The highest BCUT2D eigenvalue weighted by molar-refractivity contribution is 6.11. The van der Waals surface area contributed by atoms with Gasteiger partial charge in [-0.15, -0.1) is 0 Å². The molecule has 7 heteroatoms. The van der Waals surface area contributed by atoms with Gasteiger partial charge in [-0.3, -0.25) is 14.5 Å². The molecule has 0 aromatic carbocycles. The number of aryl methyl sites for hydroxylation is 2. The molecule has 0 spiro atoms. The van der Waals surface area contributed by atoms with Gasteiger partial charge in [0.2, 0.25) is 0 Å². The Bertz CT molecular complexity index is 554. The Morgan fingerprint density at radius 3 is 2.42 bits per heavy atom. The molecule has 0 aliphatic carbocycles. The maximum atomic E-state index is 12.1. The molecule has 1 aliphatic heterocycles. The van der Waals surface area contributed by atoms with Crippen molar-refractivity contribution >= 4 is 17.7 Å². The molecule has 102 valence electrons. The Hall–Kier alpha value is -2.18. The molecule has 0 saturated carbocycles. The van der Waals surface area contributed by atoms with Gasteiger partial charge in [-0.1, -0.05) is 5.16 Å². The first-order chi connectivity index (χ1) is 8.74. The highest BCUT2D eigenvalue weighted by atomic mass is 16.5. The number of carbonyl (C=O) groups excluding carboxylic acids is 3. The molecular weight excluding hydrogens is 250 g/mol. The quantitative estimate of drug-likeness (QED) is 0.644. The molecule has 2 rings (SSSR count). The minimum absolute atomic E-state index is 0.309. The van der Waals surface area contributed by atoms with Gasteiger partial charge in [-0.2, -0.15) is 0 Å². The van der Waals surface area contributed by atoms with Crippen molar-refractivity contribution in [2.45, 2.75) is 33.2 Å². The Kier molecular flexibility index (Phi) is 2.92. The topological polar surface area (TPSA) is 92.5 Å². The van der Waals surface area contributed by atoms with E-state index in [1.807, 2.05) is 0 Å². The highest BCUT2D eigenvalue weighted by Gasteiger charge is 2.45. The van der Waals surface area contributed by atoms with Crippen LogP contribution in [0, 0.1) is 13.8 Å². The van der Waals surface area contributed by atoms with Crippen LogP contribution in [0.25, 0.3) is 0 Å². The first-order valence-electron chi connectivity index (χ1n) is 5.84. The van der Waals surface area contributed by atoms with E-state index < -0.39 is 17.5 Å².